The van der Waals surface area contributed by atoms with E-state index in [0.29, 0.717) is 17.9 Å². The number of hydrogen-bond acceptors (Lipinski definition) is 3. The van der Waals surface area contributed by atoms with E-state index in [-0.39, 0.29) is 17.9 Å². The fourth-order valence-electron chi connectivity index (χ4n) is 3.07. The van der Waals surface area contributed by atoms with Gasteiger partial charge in [0.15, 0.2) is 0 Å². The number of carbonyl (C=O) groups is 1. The van der Waals surface area contributed by atoms with Crippen molar-refractivity contribution in [3.05, 3.63) is 70.5 Å². The zero-order chi connectivity index (χ0) is 18.1. The maximum atomic E-state index is 12.3. The van der Waals surface area contributed by atoms with Crippen LogP contribution < -0.4 is 10.9 Å². The number of fused-ring (bicyclic) bond motifs is 2. The third-order valence-corrected chi connectivity index (χ3v) is 4.49. The molecule has 130 valence electrons. The summed E-state index contributed by atoms with van der Waals surface area (Å²) in [5.41, 5.74) is 3.03. The highest BCUT2D eigenvalue weighted by Crippen LogP contribution is 2.18. The fraction of sp³-hybridized carbons (Fsp3) is 0.150. The topological polar surface area (TPSA) is 79.8 Å². The minimum absolute atomic E-state index is 0.153. The summed E-state index contributed by atoms with van der Waals surface area (Å²) < 4.78 is 1.84. The first-order valence-electron chi connectivity index (χ1n) is 8.44. The highest BCUT2D eigenvalue weighted by atomic mass is 16.1. The number of hydrogen-bond donors (Lipinski definition) is 2. The maximum Gasteiger partial charge on any atom is 0.251 e. The highest BCUT2D eigenvalue weighted by molar-refractivity contribution is 5.91. The van der Waals surface area contributed by atoms with E-state index in [1.807, 2.05) is 66.2 Å². The second kappa shape index (κ2) is 6.48. The first-order chi connectivity index (χ1) is 12.6. The van der Waals surface area contributed by atoms with Gasteiger partial charge in [-0.25, -0.2) is 4.98 Å². The molecule has 0 radical (unpaired) electrons. The van der Waals surface area contributed by atoms with Crippen molar-refractivity contribution in [3.63, 3.8) is 0 Å². The summed E-state index contributed by atoms with van der Waals surface area (Å²) >= 11 is 0. The molecule has 2 aromatic carbocycles. The molecule has 0 spiro atoms. The summed E-state index contributed by atoms with van der Waals surface area (Å²) in [4.78, 5) is 31.8. The Balaban J connectivity index is 1.49. The Labute approximate surface area is 149 Å². The van der Waals surface area contributed by atoms with Crippen LogP contribution in [0.3, 0.4) is 0 Å². The number of pyridine rings is 1. The van der Waals surface area contributed by atoms with Crippen molar-refractivity contribution >= 4 is 33.8 Å². The number of aryl methyl sites for hydroxylation is 2. The normalized spacial score (nSPS) is 11.1. The van der Waals surface area contributed by atoms with E-state index < -0.39 is 0 Å². The van der Waals surface area contributed by atoms with Gasteiger partial charge in [-0.1, -0.05) is 30.3 Å². The van der Waals surface area contributed by atoms with E-state index in [9.17, 15) is 9.59 Å². The van der Waals surface area contributed by atoms with Crippen molar-refractivity contribution in [2.24, 2.45) is 7.05 Å². The molecule has 0 aliphatic carbocycles. The molecular weight excluding hydrogens is 328 g/mol. The van der Waals surface area contributed by atoms with Gasteiger partial charge in [0.05, 0.1) is 11.0 Å². The van der Waals surface area contributed by atoms with E-state index in [1.165, 1.54) is 0 Å². The van der Waals surface area contributed by atoms with E-state index in [4.69, 9.17) is 0 Å². The first kappa shape index (κ1) is 16.1. The molecule has 2 heterocycles. The number of nitrogens with one attached hydrogen (secondary N) is 2. The Morgan fingerprint density at radius 1 is 1.15 bits per heavy atom. The molecule has 0 aliphatic heterocycles. The van der Waals surface area contributed by atoms with E-state index in [2.05, 4.69) is 15.3 Å². The molecule has 1 amide bonds. The number of rotatable bonds is 4. The molecule has 0 fully saturated rings. The fourth-order valence-corrected chi connectivity index (χ4v) is 3.07. The van der Waals surface area contributed by atoms with Gasteiger partial charge in [-0.3, -0.25) is 14.9 Å². The molecule has 0 atom stereocenters. The average Bonchev–Trinajstić information content (AvgIpc) is 2.96. The van der Waals surface area contributed by atoms with Crippen LogP contribution in [0.5, 0.6) is 0 Å². The van der Waals surface area contributed by atoms with Crippen molar-refractivity contribution in [3.8, 4) is 0 Å². The van der Waals surface area contributed by atoms with Gasteiger partial charge in [0.25, 0.3) is 5.56 Å². The van der Waals surface area contributed by atoms with Crippen LogP contribution in [0.1, 0.15) is 12.0 Å². The summed E-state index contributed by atoms with van der Waals surface area (Å²) in [7, 11) is 1.86. The van der Waals surface area contributed by atoms with Gasteiger partial charge in [0.2, 0.25) is 11.9 Å². The van der Waals surface area contributed by atoms with Crippen LogP contribution in [0.4, 0.5) is 5.95 Å². The Morgan fingerprint density at radius 3 is 2.77 bits per heavy atom. The summed E-state index contributed by atoms with van der Waals surface area (Å²) in [6.07, 6.45) is 0.584. The number of nitrogens with zero attached hydrogens (tertiary/aromatic N) is 2. The van der Waals surface area contributed by atoms with Crippen molar-refractivity contribution in [1.29, 1.82) is 0 Å². The van der Waals surface area contributed by atoms with Gasteiger partial charge < -0.3 is 9.55 Å². The number of H-pyrrole nitrogens is 1. The molecule has 6 heteroatoms. The largest absolute Gasteiger partial charge is 0.322 e. The molecule has 4 aromatic rings. The number of anilines is 1. The van der Waals surface area contributed by atoms with Crippen LogP contribution in [0.15, 0.2) is 59.4 Å². The molecule has 0 saturated heterocycles. The SMILES string of the molecule is Cn1c(NC(=O)CCc2cc3ccccc3[nH]c2=O)nc2ccccc21. The third kappa shape index (κ3) is 2.97. The second-order valence-corrected chi connectivity index (χ2v) is 6.24. The standard InChI is InChI=1S/C20H18N4O2/c1-24-17-9-5-4-8-16(17)22-20(24)23-18(25)11-10-14-12-13-6-2-3-7-15(13)21-19(14)26/h2-9,12H,10-11H2,1H3,(H,21,26)(H,22,23,25). The third-order valence-electron chi connectivity index (χ3n) is 4.49. The van der Waals surface area contributed by atoms with E-state index in [0.717, 1.165) is 21.9 Å². The lowest BCUT2D eigenvalue weighted by Crippen LogP contribution is -2.18. The minimum atomic E-state index is -0.170. The molecule has 2 N–H and O–H groups in total. The molecule has 2 aromatic heterocycles. The van der Waals surface area contributed by atoms with Gasteiger partial charge in [-0.05, 0) is 36.1 Å². The Kier molecular flexibility index (Phi) is 4.01. The van der Waals surface area contributed by atoms with Crippen molar-refractivity contribution < 1.29 is 4.79 Å². The Hall–Kier alpha value is -3.41. The first-order valence-corrected chi connectivity index (χ1v) is 8.44. The molecule has 6 nitrogen and oxygen atoms in total. The van der Waals surface area contributed by atoms with Gasteiger partial charge in [-0.2, -0.15) is 0 Å². The average molecular weight is 346 g/mol. The number of imidazole rings is 1. The summed E-state index contributed by atoms with van der Waals surface area (Å²) in [5, 5.41) is 3.78. The van der Waals surface area contributed by atoms with Crippen molar-refractivity contribution in [2.75, 3.05) is 5.32 Å². The molecular formula is C20H18N4O2. The summed E-state index contributed by atoms with van der Waals surface area (Å²) in [5.74, 6) is 0.333. The molecule has 0 unspecified atom stereocenters. The summed E-state index contributed by atoms with van der Waals surface area (Å²) in [6, 6.07) is 17.1. The van der Waals surface area contributed by atoms with Crippen LogP contribution >= 0.6 is 0 Å². The number of para-hydroxylation sites is 3. The monoisotopic (exact) mass is 346 g/mol. The van der Waals surface area contributed by atoms with Gasteiger partial charge >= 0.3 is 0 Å². The smallest absolute Gasteiger partial charge is 0.251 e. The Morgan fingerprint density at radius 2 is 1.92 bits per heavy atom. The number of carbonyl (C=O) groups excluding carboxylic acids is 1. The maximum absolute atomic E-state index is 12.3. The van der Waals surface area contributed by atoms with Gasteiger partial charge in [0, 0.05) is 24.5 Å². The lowest BCUT2D eigenvalue weighted by molar-refractivity contribution is -0.116. The minimum Gasteiger partial charge on any atom is -0.322 e. The van der Waals surface area contributed by atoms with Crippen molar-refractivity contribution in [2.45, 2.75) is 12.8 Å². The van der Waals surface area contributed by atoms with Crippen LogP contribution in [0.25, 0.3) is 21.9 Å². The lowest BCUT2D eigenvalue weighted by Gasteiger charge is -2.06. The van der Waals surface area contributed by atoms with E-state index >= 15 is 0 Å². The summed E-state index contributed by atoms with van der Waals surface area (Å²) in [6.45, 7) is 0. The van der Waals surface area contributed by atoms with Gasteiger partial charge in [-0.15, -0.1) is 0 Å². The predicted molar refractivity (Wildman–Crippen MR) is 102 cm³/mol. The highest BCUT2D eigenvalue weighted by Gasteiger charge is 2.11. The van der Waals surface area contributed by atoms with Gasteiger partial charge in [0.1, 0.15) is 0 Å². The van der Waals surface area contributed by atoms with Crippen LogP contribution in [0, 0.1) is 0 Å². The number of aromatic amines is 1. The van der Waals surface area contributed by atoms with Crippen LogP contribution in [-0.2, 0) is 18.3 Å². The number of benzene rings is 2. The van der Waals surface area contributed by atoms with Crippen LogP contribution in [-0.4, -0.2) is 20.4 Å². The predicted octanol–water partition coefficient (Wildman–Crippen LogP) is 2.99. The molecule has 0 saturated carbocycles. The van der Waals surface area contributed by atoms with Crippen LogP contribution in [0.2, 0.25) is 0 Å². The molecule has 0 aliphatic rings. The number of amides is 1. The Bertz CT molecular complexity index is 1170. The zero-order valence-electron chi connectivity index (χ0n) is 14.3. The molecule has 26 heavy (non-hydrogen) atoms. The van der Waals surface area contributed by atoms with Crippen molar-refractivity contribution in [1.82, 2.24) is 14.5 Å². The molecule has 4 rings (SSSR count). The quantitative estimate of drug-likeness (QED) is 0.596. The molecule has 0 bridgehead atoms. The second-order valence-electron chi connectivity index (χ2n) is 6.24. The number of aromatic nitrogens is 3. The zero-order valence-corrected chi connectivity index (χ0v) is 14.3. The lowest BCUT2D eigenvalue weighted by atomic mass is 10.1. The van der Waals surface area contributed by atoms with E-state index in [1.54, 1.807) is 0 Å².